The van der Waals surface area contributed by atoms with E-state index in [-0.39, 0.29) is 11.3 Å². The summed E-state index contributed by atoms with van der Waals surface area (Å²) >= 11 is 5.86. The third kappa shape index (κ3) is 4.88. The number of para-hydroxylation sites is 1. The predicted molar refractivity (Wildman–Crippen MR) is 116 cm³/mol. The molecule has 0 heterocycles. The molecule has 0 amide bonds. The number of ether oxygens (including phenoxy) is 3. The summed E-state index contributed by atoms with van der Waals surface area (Å²) in [5.41, 5.74) is 1.25. The molecule has 0 spiro atoms. The summed E-state index contributed by atoms with van der Waals surface area (Å²) in [5, 5.41) is 0.555. The van der Waals surface area contributed by atoms with Crippen LogP contribution in [0.2, 0.25) is 5.02 Å². The molecule has 0 atom stereocenters. The summed E-state index contributed by atoms with van der Waals surface area (Å²) in [6, 6.07) is 18.5. The van der Waals surface area contributed by atoms with Crippen molar-refractivity contribution in [1.29, 1.82) is 0 Å². The number of carbonyl (C=O) groups is 2. The van der Waals surface area contributed by atoms with E-state index in [0.29, 0.717) is 33.4 Å². The van der Waals surface area contributed by atoms with E-state index in [1.807, 2.05) is 0 Å². The Balaban J connectivity index is 1.85. The first kappa shape index (κ1) is 21.1. The second kappa shape index (κ2) is 9.76. The van der Waals surface area contributed by atoms with Gasteiger partial charge in [0.25, 0.3) is 0 Å². The van der Waals surface area contributed by atoms with Crippen LogP contribution in [0, 0.1) is 0 Å². The van der Waals surface area contributed by atoms with Gasteiger partial charge < -0.3 is 14.2 Å². The third-order valence-electron chi connectivity index (χ3n) is 4.30. The molecule has 0 N–H and O–H groups in total. The van der Waals surface area contributed by atoms with E-state index < -0.39 is 5.97 Å². The van der Waals surface area contributed by atoms with Gasteiger partial charge in [-0.2, -0.15) is 0 Å². The Labute approximate surface area is 179 Å². The van der Waals surface area contributed by atoms with E-state index in [0.717, 1.165) is 0 Å². The maximum atomic E-state index is 12.8. The van der Waals surface area contributed by atoms with Crippen molar-refractivity contribution in [1.82, 2.24) is 0 Å². The molecule has 0 radical (unpaired) electrons. The number of methoxy groups -OCH3 is 2. The van der Waals surface area contributed by atoms with Crippen LogP contribution >= 0.6 is 11.6 Å². The molecule has 0 bridgehead atoms. The van der Waals surface area contributed by atoms with Gasteiger partial charge in [-0.1, -0.05) is 35.9 Å². The average Bonchev–Trinajstić information content (AvgIpc) is 2.78. The van der Waals surface area contributed by atoms with E-state index >= 15 is 0 Å². The summed E-state index contributed by atoms with van der Waals surface area (Å²) in [6.07, 6.45) is 3.01. The molecule has 0 saturated carbocycles. The first-order valence-electron chi connectivity index (χ1n) is 9.03. The molecule has 3 aromatic carbocycles. The summed E-state index contributed by atoms with van der Waals surface area (Å²) in [6.45, 7) is 0. The highest BCUT2D eigenvalue weighted by molar-refractivity contribution is 6.30. The first-order chi connectivity index (χ1) is 14.5. The predicted octanol–water partition coefficient (Wildman–Crippen LogP) is 5.47. The zero-order valence-corrected chi connectivity index (χ0v) is 17.2. The van der Waals surface area contributed by atoms with Crippen LogP contribution in [0.1, 0.15) is 26.3 Å². The highest BCUT2D eigenvalue weighted by atomic mass is 35.5. The molecule has 30 heavy (non-hydrogen) atoms. The minimum absolute atomic E-state index is 0.179. The molecular formula is C24H19ClO5. The van der Waals surface area contributed by atoms with Gasteiger partial charge in [0.15, 0.2) is 5.78 Å². The van der Waals surface area contributed by atoms with Crippen LogP contribution in [0.3, 0.4) is 0 Å². The van der Waals surface area contributed by atoms with Crippen LogP contribution in [0.4, 0.5) is 0 Å². The van der Waals surface area contributed by atoms with Gasteiger partial charge in [-0.05, 0) is 54.6 Å². The number of hydrogen-bond acceptors (Lipinski definition) is 5. The summed E-state index contributed by atoms with van der Waals surface area (Å²) in [7, 11) is 2.93. The van der Waals surface area contributed by atoms with E-state index in [9.17, 15) is 9.59 Å². The molecular weight excluding hydrogens is 404 g/mol. The van der Waals surface area contributed by atoms with E-state index in [2.05, 4.69) is 0 Å². The summed E-state index contributed by atoms with van der Waals surface area (Å²) in [5.74, 6) is 0.152. The lowest BCUT2D eigenvalue weighted by Crippen LogP contribution is -2.12. The van der Waals surface area contributed by atoms with Crippen LogP contribution in [0.15, 0.2) is 72.8 Å². The maximum absolute atomic E-state index is 12.8. The fourth-order valence-electron chi connectivity index (χ4n) is 2.79. The number of esters is 1. The van der Waals surface area contributed by atoms with Gasteiger partial charge >= 0.3 is 5.97 Å². The number of benzene rings is 3. The van der Waals surface area contributed by atoms with Crippen molar-refractivity contribution in [2.24, 2.45) is 0 Å². The number of ketones is 1. The van der Waals surface area contributed by atoms with Gasteiger partial charge in [0, 0.05) is 16.1 Å². The summed E-state index contributed by atoms with van der Waals surface area (Å²) < 4.78 is 16.1. The molecule has 0 fully saturated rings. The van der Waals surface area contributed by atoms with Crippen LogP contribution in [-0.2, 0) is 0 Å². The molecule has 5 nitrogen and oxygen atoms in total. The van der Waals surface area contributed by atoms with E-state index in [1.54, 1.807) is 72.8 Å². The number of halogens is 1. The van der Waals surface area contributed by atoms with Gasteiger partial charge in [-0.3, -0.25) is 4.79 Å². The van der Waals surface area contributed by atoms with E-state index in [4.69, 9.17) is 25.8 Å². The maximum Gasteiger partial charge on any atom is 0.351 e. The summed E-state index contributed by atoms with van der Waals surface area (Å²) in [4.78, 5) is 25.2. The van der Waals surface area contributed by atoms with Gasteiger partial charge in [0.05, 0.1) is 14.2 Å². The normalized spacial score (nSPS) is 10.6. The van der Waals surface area contributed by atoms with Crippen molar-refractivity contribution in [2.75, 3.05) is 14.2 Å². The minimum Gasteiger partial charge on any atom is -0.496 e. The lowest BCUT2D eigenvalue weighted by molar-refractivity contribution is 0.0727. The van der Waals surface area contributed by atoms with Crippen molar-refractivity contribution in [3.05, 3.63) is 94.5 Å². The average molecular weight is 423 g/mol. The van der Waals surface area contributed by atoms with Gasteiger partial charge in [-0.25, -0.2) is 4.79 Å². The Morgan fingerprint density at radius 3 is 2.03 bits per heavy atom. The first-order valence-corrected chi connectivity index (χ1v) is 9.41. The Bertz CT molecular complexity index is 1060. The number of allylic oxidation sites excluding steroid dienone is 1. The van der Waals surface area contributed by atoms with Crippen LogP contribution < -0.4 is 14.2 Å². The largest absolute Gasteiger partial charge is 0.496 e. The molecule has 3 aromatic rings. The zero-order chi connectivity index (χ0) is 21.5. The van der Waals surface area contributed by atoms with Gasteiger partial charge in [-0.15, -0.1) is 0 Å². The molecule has 152 valence electrons. The molecule has 0 saturated heterocycles. The van der Waals surface area contributed by atoms with E-state index in [1.165, 1.54) is 20.3 Å². The van der Waals surface area contributed by atoms with Crippen LogP contribution in [0.5, 0.6) is 17.2 Å². The molecule has 0 aliphatic rings. The van der Waals surface area contributed by atoms with Crippen molar-refractivity contribution in [2.45, 2.75) is 0 Å². The topological polar surface area (TPSA) is 61.8 Å². The monoisotopic (exact) mass is 422 g/mol. The fraction of sp³-hybridized carbons (Fsp3) is 0.0833. The standard InChI is InChI=1S/C24H19ClO5/c1-28-21-8-5-9-22(29-2)23(21)24(27)30-20-7-4-3-6-17(20)12-15-19(26)16-10-13-18(25)14-11-16/h3-15H,1-2H3/b15-12+. The number of hydrogen-bond donors (Lipinski definition) is 0. The van der Waals surface area contributed by atoms with Gasteiger partial charge in [0.1, 0.15) is 22.8 Å². The molecule has 0 aliphatic heterocycles. The van der Waals surface area contributed by atoms with Crippen LogP contribution in [-0.4, -0.2) is 26.0 Å². The number of carbonyl (C=O) groups excluding carboxylic acids is 2. The molecule has 0 unspecified atom stereocenters. The molecule has 3 rings (SSSR count). The second-order valence-electron chi connectivity index (χ2n) is 6.17. The van der Waals surface area contributed by atoms with Crippen molar-refractivity contribution < 1.29 is 23.8 Å². The fourth-order valence-corrected chi connectivity index (χ4v) is 2.92. The lowest BCUT2D eigenvalue weighted by Gasteiger charge is -2.13. The molecule has 0 aromatic heterocycles. The molecule has 0 aliphatic carbocycles. The quantitative estimate of drug-likeness (QED) is 0.218. The van der Waals surface area contributed by atoms with Crippen LogP contribution in [0.25, 0.3) is 6.08 Å². The SMILES string of the molecule is COc1cccc(OC)c1C(=O)Oc1ccccc1/C=C/C(=O)c1ccc(Cl)cc1. The highest BCUT2D eigenvalue weighted by Crippen LogP contribution is 2.30. The van der Waals surface area contributed by atoms with Gasteiger partial charge in [0.2, 0.25) is 0 Å². The Morgan fingerprint density at radius 2 is 1.40 bits per heavy atom. The third-order valence-corrected chi connectivity index (χ3v) is 4.55. The van der Waals surface area contributed by atoms with Crippen molar-refractivity contribution in [3.8, 4) is 17.2 Å². The Morgan fingerprint density at radius 1 is 0.800 bits per heavy atom. The smallest absolute Gasteiger partial charge is 0.351 e. The molecule has 6 heteroatoms. The second-order valence-corrected chi connectivity index (χ2v) is 6.61. The highest BCUT2D eigenvalue weighted by Gasteiger charge is 2.21. The van der Waals surface area contributed by atoms with Crippen molar-refractivity contribution in [3.63, 3.8) is 0 Å². The lowest BCUT2D eigenvalue weighted by atomic mass is 10.1. The minimum atomic E-state index is -0.630. The Kier molecular flexibility index (Phi) is 6.88. The zero-order valence-electron chi connectivity index (χ0n) is 16.4. The number of rotatable bonds is 7. The van der Waals surface area contributed by atoms with Crippen molar-refractivity contribution >= 4 is 29.4 Å². The Hall–Kier alpha value is -3.57.